The van der Waals surface area contributed by atoms with E-state index in [0.717, 1.165) is 24.5 Å². The van der Waals surface area contributed by atoms with Gasteiger partial charge in [0, 0.05) is 0 Å². The summed E-state index contributed by atoms with van der Waals surface area (Å²) in [5, 5.41) is 0. The molecule has 1 aromatic carbocycles. The molecule has 1 aromatic rings. The lowest BCUT2D eigenvalue weighted by molar-refractivity contribution is 0.508. The molecule has 0 aromatic heterocycles. The summed E-state index contributed by atoms with van der Waals surface area (Å²) in [7, 11) is 0. The van der Waals surface area contributed by atoms with Gasteiger partial charge in [-0.05, 0) is 49.6 Å². The van der Waals surface area contributed by atoms with Crippen LogP contribution in [0.5, 0.6) is 0 Å². The number of hydrogen-bond donors (Lipinski definition) is 1. The molecule has 0 bridgehead atoms. The minimum absolute atomic E-state index is 0.640. The zero-order valence-corrected chi connectivity index (χ0v) is 8.76. The van der Waals surface area contributed by atoms with Crippen molar-refractivity contribution in [3.63, 3.8) is 0 Å². The molecule has 0 atom stereocenters. The van der Waals surface area contributed by atoms with Crippen LogP contribution in [0.3, 0.4) is 0 Å². The molecule has 1 nitrogen and oxygen atoms in total. The molecule has 1 rings (SSSR count). The average molecular weight is 211 g/mol. The maximum absolute atomic E-state index is 12.9. The third kappa shape index (κ3) is 3.44. The van der Waals surface area contributed by atoms with Crippen LogP contribution in [0, 0.1) is 11.6 Å². The summed E-state index contributed by atoms with van der Waals surface area (Å²) in [4.78, 5) is 0. The molecule has 0 aliphatic heterocycles. The standard InChI is InChI=1S/C12H15F2N/c1-9(4-2-3-7-15)10-5-6-11(13)12(14)8-10/h4-6,8H,2-3,7,15H2,1H3/b9-4+. The zero-order valence-electron chi connectivity index (χ0n) is 8.76. The SMILES string of the molecule is C/C(=C\CCCN)c1ccc(F)c(F)c1. The molecule has 82 valence electrons. The van der Waals surface area contributed by atoms with Crippen LogP contribution in [-0.2, 0) is 0 Å². The van der Waals surface area contributed by atoms with Crippen LogP contribution in [0.25, 0.3) is 5.57 Å². The monoisotopic (exact) mass is 211 g/mol. The van der Waals surface area contributed by atoms with Gasteiger partial charge < -0.3 is 5.73 Å². The first kappa shape index (κ1) is 11.9. The van der Waals surface area contributed by atoms with Crippen molar-refractivity contribution in [2.75, 3.05) is 6.54 Å². The van der Waals surface area contributed by atoms with E-state index < -0.39 is 11.6 Å². The highest BCUT2D eigenvalue weighted by Gasteiger charge is 2.03. The normalized spacial score (nSPS) is 11.9. The summed E-state index contributed by atoms with van der Waals surface area (Å²) in [6, 6.07) is 3.93. The maximum atomic E-state index is 12.9. The van der Waals surface area contributed by atoms with Crippen molar-refractivity contribution >= 4 is 5.57 Å². The Morgan fingerprint density at radius 3 is 2.67 bits per heavy atom. The molecule has 0 aliphatic rings. The molecule has 0 radical (unpaired) electrons. The zero-order chi connectivity index (χ0) is 11.3. The van der Waals surface area contributed by atoms with E-state index in [-0.39, 0.29) is 0 Å². The van der Waals surface area contributed by atoms with Crippen LogP contribution in [-0.4, -0.2) is 6.54 Å². The molecule has 0 spiro atoms. The van der Waals surface area contributed by atoms with Crippen molar-refractivity contribution in [3.05, 3.63) is 41.5 Å². The number of allylic oxidation sites excluding steroid dienone is 2. The van der Waals surface area contributed by atoms with Crippen molar-refractivity contribution in [1.82, 2.24) is 0 Å². The van der Waals surface area contributed by atoms with Crippen molar-refractivity contribution in [2.45, 2.75) is 19.8 Å². The third-order valence-electron chi connectivity index (χ3n) is 2.23. The number of unbranched alkanes of at least 4 members (excludes halogenated alkanes) is 1. The topological polar surface area (TPSA) is 26.0 Å². The summed E-state index contributed by atoms with van der Waals surface area (Å²) in [5.74, 6) is -1.62. The summed E-state index contributed by atoms with van der Waals surface area (Å²) in [5.41, 5.74) is 7.02. The van der Waals surface area contributed by atoms with E-state index in [1.807, 2.05) is 13.0 Å². The molecule has 15 heavy (non-hydrogen) atoms. The Kier molecular flexibility index (Phi) is 4.43. The lowest BCUT2D eigenvalue weighted by Crippen LogP contribution is -1.96. The molecule has 2 N–H and O–H groups in total. The molecule has 0 amide bonds. The van der Waals surface area contributed by atoms with Crippen molar-refractivity contribution in [2.24, 2.45) is 5.73 Å². The minimum atomic E-state index is -0.812. The van der Waals surface area contributed by atoms with E-state index in [1.165, 1.54) is 6.07 Å². The molecule has 0 aliphatic carbocycles. The quantitative estimate of drug-likeness (QED) is 0.761. The van der Waals surface area contributed by atoms with E-state index in [2.05, 4.69) is 0 Å². The molecule has 0 fully saturated rings. The maximum Gasteiger partial charge on any atom is 0.159 e. The molecule has 3 heteroatoms. The molecule has 0 unspecified atom stereocenters. The van der Waals surface area contributed by atoms with Crippen molar-refractivity contribution in [3.8, 4) is 0 Å². The molecule has 0 saturated carbocycles. The second-order valence-electron chi connectivity index (χ2n) is 3.45. The molecular formula is C12H15F2N. The number of rotatable bonds is 4. The Morgan fingerprint density at radius 2 is 2.07 bits per heavy atom. The number of hydrogen-bond acceptors (Lipinski definition) is 1. The summed E-state index contributed by atoms with van der Waals surface area (Å²) >= 11 is 0. The summed E-state index contributed by atoms with van der Waals surface area (Å²) in [6.07, 6.45) is 3.75. The minimum Gasteiger partial charge on any atom is -0.330 e. The van der Waals surface area contributed by atoms with Crippen LogP contribution < -0.4 is 5.73 Å². The van der Waals surface area contributed by atoms with E-state index in [0.29, 0.717) is 12.1 Å². The predicted molar refractivity (Wildman–Crippen MR) is 58.3 cm³/mol. The second-order valence-corrected chi connectivity index (χ2v) is 3.45. The number of halogens is 2. The molecular weight excluding hydrogens is 196 g/mol. The molecule has 0 heterocycles. The Hall–Kier alpha value is -1.22. The van der Waals surface area contributed by atoms with Crippen molar-refractivity contribution in [1.29, 1.82) is 0 Å². The smallest absolute Gasteiger partial charge is 0.159 e. The first-order valence-corrected chi connectivity index (χ1v) is 4.97. The van der Waals surface area contributed by atoms with Gasteiger partial charge in [-0.2, -0.15) is 0 Å². The van der Waals surface area contributed by atoms with E-state index in [9.17, 15) is 8.78 Å². The third-order valence-corrected chi connectivity index (χ3v) is 2.23. The van der Waals surface area contributed by atoms with E-state index in [1.54, 1.807) is 6.07 Å². The largest absolute Gasteiger partial charge is 0.330 e. The van der Waals surface area contributed by atoms with Gasteiger partial charge in [0.05, 0.1) is 0 Å². The van der Waals surface area contributed by atoms with Gasteiger partial charge >= 0.3 is 0 Å². The lowest BCUT2D eigenvalue weighted by atomic mass is 10.1. The molecule has 0 saturated heterocycles. The van der Waals surface area contributed by atoms with Gasteiger partial charge in [0.2, 0.25) is 0 Å². The summed E-state index contributed by atoms with van der Waals surface area (Å²) in [6.45, 7) is 2.52. The highest BCUT2D eigenvalue weighted by Crippen LogP contribution is 2.17. The van der Waals surface area contributed by atoms with Crippen LogP contribution in [0.4, 0.5) is 8.78 Å². The van der Waals surface area contributed by atoms with Gasteiger partial charge in [-0.1, -0.05) is 12.1 Å². The number of benzene rings is 1. The fourth-order valence-corrected chi connectivity index (χ4v) is 1.30. The average Bonchev–Trinajstić information content (AvgIpc) is 2.22. The fraction of sp³-hybridized carbons (Fsp3) is 0.333. The van der Waals surface area contributed by atoms with Gasteiger partial charge in [-0.3, -0.25) is 0 Å². The highest BCUT2D eigenvalue weighted by atomic mass is 19.2. The van der Waals surface area contributed by atoms with Gasteiger partial charge in [-0.25, -0.2) is 8.78 Å². The van der Waals surface area contributed by atoms with Crippen LogP contribution >= 0.6 is 0 Å². The first-order valence-electron chi connectivity index (χ1n) is 4.97. The second kappa shape index (κ2) is 5.61. The first-order chi connectivity index (χ1) is 7.15. The van der Waals surface area contributed by atoms with Crippen LogP contribution in [0.15, 0.2) is 24.3 Å². The van der Waals surface area contributed by atoms with Crippen LogP contribution in [0.2, 0.25) is 0 Å². The lowest BCUT2D eigenvalue weighted by Gasteiger charge is -2.02. The summed E-state index contributed by atoms with van der Waals surface area (Å²) < 4.78 is 25.6. The highest BCUT2D eigenvalue weighted by molar-refractivity contribution is 5.63. The van der Waals surface area contributed by atoms with Crippen molar-refractivity contribution < 1.29 is 8.78 Å². The number of nitrogens with two attached hydrogens (primary N) is 1. The van der Waals surface area contributed by atoms with E-state index in [4.69, 9.17) is 5.73 Å². The van der Waals surface area contributed by atoms with Gasteiger partial charge in [0.25, 0.3) is 0 Å². The Morgan fingerprint density at radius 1 is 1.33 bits per heavy atom. The van der Waals surface area contributed by atoms with Gasteiger partial charge in [0.15, 0.2) is 11.6 Å². The van der Waals surface area contributed by atoms with Crippen LogP contribution in [0.1, 0.15) is 25.3 Å². The fourth-order valence-electron chi connectivity index (χ4n) is 1.30. The van der Waals surface area contributed by atoms with Gasteiger partial charge in [0.1, 0.15) is 0 Å². The Bertz CT molecular complexity index is 359. The van der Waals surface area contributed by atoms with E-state index >= 15 is 0 Å². The Balaban J connectivity index is 2.77. The predicted octanol–water partition coefficient (Wildman–Crippen LogP) is 3.11. The van der Waals surface area contributed by atoms with Gasteiger partial charge in [-0.15, -0.1) is 0 Å². The Labute approximate surface area is 88.6 Å².